The maximum Gasteiger partial charge on any atom is 0.253 e. The number of nitrogen functional groups attached to an aromatic ring is 1. The number of nitrogens with two attached hydrogens (primary N) is 1. The third kappa shape index (κ3) is 3.09. The minimum Gasteiger partial charge on any atom is -0.399 e. The van der Waals surface area contributed by atoms with Gasteiger partial charge in [0, 0.05) is 38.7 Å². The molecule has 0 saturated heterocycles. The van der Waals surface area contributed by atoms with Crippen molar-refractivity contribution in [2.45, 2.75) is 6.54 Å². The van der Waals surface area contributed by atoms with Crippen molar-refractivity contribution >= 4 is 17.3 Å². The van der Waals surface area contributed by atoms with Crippen LogP contribution in [0.2, 0.25) is 0 Å². The fraction of sp³-hybridized carbons (Fsp3) is 0.286. The lowest BCUT2D eigenvalue weighted by atomic mass is 10.1. The fourth-order valence-electron chi connectivity index (χ4n) is 1.95. The zero-order valence-corrected chi connectivity index (χ0v) is 11.9. The lowest BCUT2D eigenvalue weighted by molar-refractivity contribution is 0.0951. The summed E-state index contributed by atoms with van der Waals surface area (Å²) in [6.45, 7) is 0.390. The predicted molar refractivity (Wildman–Crippen MR) is 79.6 cm³/mol. The minimum atomic E-state index is -0.161. The number of benzene rings is 1. The maximum absolute atomic E-state index is 12.3. The van der Waals surface area contributed by atoms with Crippen LogP contribution in [0.3, 0.4) is 0 Å². The van der Waals surface area contributed by atoms with Crippen LogP contribution in [0.5, 0.6) is 0 Å². The van der Waals surface area contributed by atoms with E-state index in [1.54, 1.807) is 16.8 Å². The molecule has 2 rings (SSSR count). The van der Waals surface area contributed by atoms with Crippen LogP contribution in [0.4, 0.5) is 11.4 Å². The third-order valence-electron chi connectivity index (χ3n) is 2.95. The van der Waals surface area contributed by atoms with Crippen molar-refractivity contribution in [1.29, 1.82) is 0 Å². The Balaban J connectivity index is 2.14. The number of amides is 1. The third-order valence-corrected chi connectivity index (χ3v) is 2.95. The van der Waals surface area contributed by atoms with E-state index in [4.69, 9.17) is 5.73 Å². The lowest BCUT2D eigenvalue weighted by Crippen LogP contribution is -2.25. The Kier molecular flexibility index (Phi) is 3.93. The largest absolute Gasteiger partial charge is 0.399 e. The standard InChI is InChI=1S/C14H19N5O/c1-18(2)13-5-4-10(15)8-12(13)14(20)16-9-11-6-7-19(3)17-11/h4-8H,9,15H2,1-3H3,(H,16,20). The molecule has 2 aromatic rings. The van der Waals surface area contributed by atoms with Gasteiger partial charge in [0.05, 0.1) is 17.8 Å². The second kappa shape index (κ2) is 5.64. The first kappa shape index (κ1) is 13.9. The van der Waals surface area contributed by atoms with E-state index in [-0.39, 0.29) is 5.91 Å². The molecule has 1 aromatic carbocycles. The summed E-state index contributed by atoms with van der Waals surface area (Å²) in [5.41, 5.74) is 8.54. The summed E-state index contributed by atoms with van der Waals surface area (Å²) in [6.07, 6.45) is 1.84. The van der Waals surface area contributed by atoms with Crippen LogP contribution in [0.1, 0.15) is 16.1 Å². The van der Waals surface area contributed by atoms with Crippen LogP contribution in [-0.2, 0) is 13.6 Å². The Hall–Kier alpha value is -2.50. The molecule has 0 saturated carbocycles. The number of hydrogen-bond donors (Lipinski definition) is 2. The average molecular weight is 273 g/mol. The predicted octanol–water partition coefficient (Wildman–Crippen LogP) is 0.998. The van der Waals surface area contributed by atoms with E-state index >= 15 is 0 Å². The molecule has 0 bridgehead atoms. The Labute approximate surface area is 118 Å². The van der Waals surface area contributed by atoms with Crippen molar-refractivity contribution < 1.29 is 4.79 Å². The van der Waals surface area contributed by atoms with E-state index in [2.05, 4.69) is 10.4 Å². The monoisotopic (exact) mass is 273 g/mol. The molecule has 0 aliphatic rings. The van der Waals surface area contributed by atoms with Gasteiger partial charge in [0.2, 0.25) is 0 Å². The van der Waals surface area contributed by atoms with Gasteiger partial charge < -0.3 is 16.0 Å². The number of nitrogens with zero attached hydrogens (tertiary/aromatic N) is 3. The minimum absolute atomic E-state index is 0.161. The highest BCUT2D eigenvalue weighted by molar-refractivity contribution is 6.00. The second-order valence-electron chi connectivity index (χ2n) is 4.83. The Bertz CT molecular complexity index is 618. The first-order valence-corrected chi connectivity index (χ1v) is 6.31. The molecule has 0 unspecified atom stereocenters. The van der Waals surface area contributed by atoms with Crippen molar-refractivity contribution in [2.75, 3.05) is 24.7 Å². The molecule has 3 N–H and O–H groups in total. The van der Waals surface area contributed by atoms with E-state index in [1.165, 1.54) is 0 Å². The molecule has 0 radical (unpaired) electrons. The van der Waals surface area contributed by atoms with E-state index < -0.39 is 0 Å². The number of nitrogens with one attached hydrogen (secondary N) is 1. The second-order valence-corrected chi connectivity index (χ2v) is 4.83. The van der Waals surface area contributed by atoms with Crippen LogP contribution < -0.4 is 16.0 Å². The van der Waals surface area contributed by atoms with Crippen molar-refractivity contribution in [1.82, 2.24) is 15.1 Å². The molecular weight excluding hydrogens is 254 g/mol. The molecule has 106 valence electrons. The SMILES string of the molecule is CN(C)c1ccc(N)cc1C(=O)NCc1ccn(C)n1. The van der Waals surface area contributed by atoms with Crippen LogP contribution >= 0.6 is 0 Å². The number of anilines is 2. The summed E-state index contributed by atoms with van der Waals surface area (Å²) in [5, 5.41) is 7.07. The summed E-state index contributed by atoms with van der Waals surface area (Å²) in [5.74, 6) is -0.161. The lowest BCUT2D eigenvalue weighted by Gasteiger charge is -2.17. The highest BCUT2D eigenvalue weighted by atomic mass is 16.1. The van der Waals surface area contributed by atoms with Crippen LogP contribution in [0.25, 0.3) is 0 Å². The zero-order chi connectivity index (χ0) is 14.7. The van der Waals surface area contributed by atoms with Crippen LogP contribution in [-0.4, -0.2) is 29.8 Å². The van der Waals surface area contributed by atoms with Gasteiger partial charge in [-0.25, -0.2) is 0 Å². The average Bonchev–Trinajstić information content (AvgIpc) is 2.81. The highest BCUT2D eigenvalue weighted by Crippen LogP contribution is 2.21. The number of aryl methyl sites for hydroxylation is 1. The van der Waals surface area contributed by atoms with Gasteiger partial charge in [-0.3, -0.25) is 9.48 Å². The van der Waals surface area contributed by atoms with E-state index in [9.17, 15) is 4.79 Å². The normalized spacial score (nSPS) is 10.3. The molecule has 1 amide bonds. The molecule has 0 aliphatic heterocycles. The highest BCUT2D eigenvalue weighted by Gasteiger charge is 2.13. The number of carbonyl (C=O) groups excluding carboxylic acids is 1. The molecule has 1 aromatic heterocycles. The first-order valence-electron chi connectivity index (χ1n) is 6.31. The summed E-state index contributed by atoms with van der Waals surface area (Å²) in [7, 11) is 5.62. The van der Waals surface area contributed by atoms with Crippen molar-refractivity contribution in [2.24, 2.45) is 7.05 Å². The Morgan fingerprint density at radius 2 is 2.15 bits per heavy atom. The number of carbonyl (C=O) groups is 1. The van der Waals surface area contributed by atoms with E-state index in [0.29, 0.717) is 17.8 Å². The molecule has 0 atom stereocenters. The zero-order valence-electron chi connectivity index (χ0n) is 11.9. The van der Waals surface area contributed by atoms with Gasteiger partial charge in [0.1, 0.15) is 0 Å². The van der Waals surface area contributed by atoms with Gasteiger partial charge in [-0.2, -0.15) is 5.10 Å². The Morgan fingerprint density at radius 3 is 2.75 bits per heavy atom. The van der Waals surface area contributed by atoms with Gasteiger partial charge >= 0.3 is 0 Å². The number of aromatic nitrogens is 2. The number of hydrogen-bond acceptors (Lipinski definition) is 4. The molecule has 6 nitrogen and oxygen atoms in total. The van der Waals surface area contributed by atoms with Gasteiger partial charge in [0.25, 0.3) is 5.91 Å². The molecule has 0 aliphatic carbocycles. The van der Waals surface area contributed by atoms with Gasteiger partial charge in [-0.15, -0.1) is 0 Å². The van der Waals surface area contributed by atoms with Crippen LogP contribution in [0, 0.1) is 0 Å². The van der Waals surface area contributed by atoms with Gasteiger partial charge in [0.15, 0.2) is 0 Å². The number of rotatable bonds is 4. The molecule has 20 heavy (non-hydrogen) atoms. The Morgan fingerprint density at radius 1 is 1.40 bits per heavy atom. The quantitative estimate of drug-likeness (QED) is 0.815. The van der Waals surface area contributed by atoms with Gasteiger partial charge in [-0.1, -0.05) is 0 Å². The van der Waals surface area contributed by atoms with Gasteiger partial charge in [-0.05, 0) is 24.3 Å². The van der Waals surface area contributed by atoms with E-state index in [1.807, 2.05) is 44.4 Å². The van der Waals surface area contributed by atoms with Crippen LogP contribution in [0.15, 0.2) is 30.5 Å². The molecule has 0 spiro atoms. The molecule has 0 fully saturated rings. The summed E-state index contributed by atoms with van der Waals surface area (Å²) in [6, 6.07) is 7.17. The molecule has 1 heterocycles. The maximum atomic E-state index is 12.3. The van der Waals surface area contributed by atoms with Crippen molar-refractivity contribution in [3.05, 3.63) is 41.7 Å². The fourth-order valence-corrected chi connectivity index (χ4v) is 1.95. The topological polar surface area (TPSA) is 76.2 Å². The summed E-state index contributed by atoms with van der Waals surface area (Å²) in [4.78, 5) is 14.2. The smallest absolute Gasteiger partial charge is 0.253 e. The van der Waals surface area contributed by atoms with E-state index in [0.717, 1.165) is 11.4 Å². The first-order chi connectivity index (χ1) is 9.47. The summed E-state index contributed by atoms with van der Waals surface area (Å²) < 4.78 is 1.70. The molecule has 6 heteroatoms. The van der Waals surface area contributed by atoms with Crippen molar-refractivity contribution in [3.63, 3.8) is 0 Å². The molecular formula is C14H19N5O. The van der Waals surface area contributed by atoms with Crippen molar-refractivity contribution in [3.8, 4) is 0 Å². The summed E-state index contributed by atoms with van der Waals surface area (Å²) >= 11 is 0.